The van der Waals surface area contributed by atoms with Gasteiger partial charge in [-0.1, -0.05) is 25.8 Å². The van der Waals surface area contributed by atoms with Crippen LogP contribution in [0.1, 0.15) is 39.0 Å². The number of likely N-dealkylation sites (tertiary alicyclic amines) is 1. The highest BCUT2D eigenvalue weighted by molar-refractivity contribution is 5.82. The van der Waals surface area contributed by atoms with Crippen molar-refractivity contribution in [3.63, 3.8) is 0 Å². The minimum atomic E-state index is 0.0825. The van der Waals surface area contributed by atoms with Crippen LogP contribution in [0.4, 0.5) is 0 Å². The second-order valence-electron chi connectivity index (χ2n) is 6.48. The van der Waals surface area contributed by atoms with Crippen molar-refractivity contribution in [1.82, 2.24) is 15.5 Å². The van der Waals surface area contributed by atoms with Crippen LogP contribution in [0.5, 0.6) is 0 Å². The number of carbonyl (C=O) groups is 1. The lowest BCUT2D eigenvalue weighted by Crippen LogP contribution is -2.50. The van der Waals surface area contributed by atoms with Crippen LogP contribution in [-0.2, 0) is 4.79 Å². The van der Waals surface area contributed by atoms with Crippen LogP contribution in [0, 0.1) is 11.8 Å². The second-order valence-corrected chi connectivity index (χ2v) is 6.48. The number of hydrogen-bond donors (Lipinski definition) is 2. The van der Waals surface area contributed by atoms with Gasteiger partial charge in [0.15, 0.2) is 0 Å². The zero-order chi connectivity index (χ0) is 15.1. The third-order valence-corrected chi connectivity index (χ3v) is 4.93. The number of rotatable bonds is 8. The highest BCUT2D eigenvalue weighted by Gasteiger charge is 2.38. The predicted molar refractivity (Wildman–Crippen MR) is 87.2 cm³/mol. The lowest BCUT2D eigenvalue weighted by atomic mass is 9.96. The molecule has 1 heterocycles. The summed E-state index contributed by atoms with van der Waals surface area (Å²) in [5, 5.41) is 6.47. The van der Waals surface area contributed by atoms with Crippen LogP contribution in [-0.4, -0.2) is 49.6 Å². The fourth-order valence-corrected chi connectivity index (χ4v) is 3.86. The van der Waals surface area contributed by atoms with Gasteiger partial charge in [-0.25, -0.2) is 0 Å². The molecule has 0 spiro atoms. The average Bonchev–Trinajstić information content (AvgIpc) is 3.15. The Morgan fingerprint density at radius 2 is 2.14 bits per heavy atom. The molecule has 21 heavy (non-hydrogen) atoms. The standard InChI is InChI=1S/C17H31N3O/c1-3-10-19-17(21)16(15-7-5-6-8-15)20-11-9-14(13-20)12-18-4-2/h3,14-16,18H,1,4-13H2,2H3,(H,19,21). The number of amides is 1. The minimum absolute atomic E-state index is 0.0825. The van der Waals surface area contributed by atoms with Crippen molar-refractivity contribution in [2.75, 3.05) is 32.7 Å². The maximum absolute atomic E-state index is 12.6. The average molecular weight is 293 g/mol. The molecule has 2 unspecified atom stereocenters. The molecule has 1 saturated carbocycles. The van der Waals surface area contributed by atoms with Gasteiger partial charge in [-0.3, -0.25) is 9.69 Å². The first-order valence-corrected chi connectivity index (χ1v) is 8.59. The van der Waals surface area contributed by atoms with Crippen molar-refractivity contribution in [2.24, 2.45) is 11.8 Å². The molecule has 2 atom stereocenters. The summed E-state index contributed by atoms with van der Waals surface area (Å²) in [5.41, 5.74) is 0. The Morgan fingerprint density at radius 1 is 1.38 bits per heavy atom. The van der Waals surface area contributed by atoms with E-state index < -0.39 is 0 Å². The van der Waals surface area contributed by atoms with E-state index in [1.54, 1.807) is 6.08 Å². The number of nitrogens with zero attached hydrogens (tertiary/aromatic N) is 1. The molecule has 2 fully saturated rings. The fourth-order valence-electron chi connectivity index (χ4n) is 3.86. The highest BCUT2D eigenvalue weighted by Crippen LogP contribution is 2.32. The summed E-state index contributed by atoms with van der Waals surface area (Å²) in [4.78, 5) is 15.0. The molecule has 2 aliphatic rings. The molecule has 1 aliphatic carbocycles. The third kappa shape index (κ3) is 4.55. The molecule has 4 heteroatoms. The fraction of sp³-hybridized carbons (Fsp3) is 0.824. The van der Waals surface area contributed by atoms with Crippen molar-refractivity contribution in [2.45, 2.75) is 45.1 Å². The van der Waals surface area contributed by atoms with Gasteiger partial charge < -0.3 is 10.6 Å². The molecule has 120 valence electrons. The smallest absolute Gasteiger partial charge is 0.237 e. The van der Waals surface area contributed by atoms with E-state index in [4.69, 9.17) is 0 Å². The summed E-state index contributed by atoms with van der Waals surface area (Å²) in [5.74, 6) is 1.46. The lowest BCUT2D eigenvalue weighted by molar-refractivity contribution is -0.127. The topological polar surface area (TPSA) is 44.4 Å². The van der Waals surface area contributed by atoms with E-state index in [0.29, 0.717) is 18.4 Å². The summed E-state index contributed by atoms with van der Waals surface area (Å²) >= 11 is 0. The minimum Gasteiger partial charge on any atom is -0.351 e. The summed E-state index contributed by atoms with van der Waals surface area (Å²) in [7, 11) is 0. The molecular formula is C17H31N3O. The third-order valence-electron chi connectivity index (χ3n) is 4.93. The monoisotopic (exact) mass is 293 g/mol. The summed E-state index contributed by atoms with van der Waals surface area (Å²) in [6.45, 7) is 10.7. The Bertz CT molecular complexity index is 339. The lowest BCUT2D eigenvalue weighted by Gasteiger charge is -2.31. The Balaban J connectivity index is 1.95. The van der Waals surface area contributed by atoms with Gasteiger partial charge in [-0.05, 0) is 50.7 Å². The van der Waals surface area contributed by atoms with Gasteiger partial charge in [0, 0.05) is 13.1 Å². The van der Waals surface area contributed by atoms with Crippen molar-refractivity contribution >= 4 is 5.91 Å². The quantitative estimate of drug-likeness (QED) is 0.671. The maximum atomic E-state index is 12.6. The van der Waals surface area contributed by atoms with Gasteiger partial charge in [0.2, 0.25) is 5.91 Å². The maximum Gasteiger partial charge on any atom is 0.237 e. The molecule has 1 saturated heterocycles. The molecule has 2 N–H and O–H groups in total. The van der Waals surface area contributed by atoms with Gasteiger partial charge in [0.1, 0.15) is 0 Å². The molecule has 0 bridgehead atoms. The van der Waals surface area contributed by atoms with E-state index in [0.717, 1.165) is 26.2 Å². The number of hydrogen-bond acceptors (Lipinski definition) is 3. The van der Waals surface area contributed by atoms with E-state index in [1.807, 2.05) is 0 Å². The normalized spacial score (nSPS) is 25.1. The number of carbonyl (C=O) groups excluding carboxylic acids is 1. The van der Waals surface area contributed by atoms with E-state index >= 15 is 0 Å². The summed E-state index contributed by atoms with van der Waals surface area (Å²) < 4.78 is 0. The molecule has 0 aromatic heterocycles. The number of nitrogens with one attached hydrogen (secondary N) is 2. The Hall–Kier alpha value is -0.870. The van der Waals surface area contributed by atoms with Crippen LogP contribution in [0.15, 0.2) is 12.7 Å². The molecule has 0 aromatic carbocycles. The predicted octanol–water partition coefficient (Wildman–Crippen LogP) is 1.78. The van der Waals surface area contributed by atoms with Gasteiger partial charge in [-0.2, -0.15) is 0 Å². The first-order chi connectivity index (χ1) is 10.3. The van der Waals surface area contributed by atoms with Crippen LogP contribution >= 0.6 is 0 Å². The first kappa shape index (κ1) is 16.5. The van der Waals surface area contributed by atoms with Gasteiger partial charge in [-0.15, -0.1) is 6.58 Å². The molecule has 0 radical (unpaired) electrons. The zero-order valence-electron chi connectivity index (χ0n) is 13.4. The SMILES string of the molecule is C=CCNC(=O)C(C1CCCC1)N1CCC(CNCC)C1. The zero-order valence-corrected chi connectivity index (χ0v) is 13.4. The van der Waals surface area contributed by atoms with Crippen molar-refractivity contribution in [3.8, 4) is 0 Å². The first-order valence-electron chi connectivity index (χ1n) is 8.59. The second kappa shape index (κ2) is 8.54. The largest absolute Gasteiger partial charge is 0.351 e. The van der Waals surface area contributed by atoms with E-state index in [1.165, 1.54) is 32.1 Å². The molecule has 2 rings (SSSR count). The van der Waals surface area contributed by atoms with Gasteiger partial charge in [0.05, 0.1) is 6.04 Å². The van der Waals surface area contributed by atoms with E-state index in [2.05, 4.69) is 29.0 Å². The van der Waals surface area contributed by atoms with Crippen LogP contribution < -0.4 is 10.6 Å². The van der Waals surface area contributed by atoms with Crippen molar-refractivity contribution in [1.29, 1.82) is 0 Å². The Kier molecular flexibility index (Phi) is 6.71. The van der Waals surface area contributed by atoms with Crippen LogP contribution in [0.3, 0.4) is 0 Å². The Labute approximate surface area is 129 Å². The highest BCUT2D eigenvalue weighted by atomic mass is 16.2. The van der Waals surface area contributed by atoms with Gasteiger partial charge in [0.25, 0.3) is 0 Å². The van der Waals surface area contributed by atoms with E-state index in [9.17, 15) is 4.79 Å². The Morgan fingerprint density at radius 3 is 2.81 bits per heavy atom. The van der Waals surface area contributed by atoms with Crippen LogP contribution in [0.25, 0.3) is 0 Å². The molecular weight excluding hydrogens is 262 g/mol. The molecule has 1 amide bonds. The van der Waals surface area contributed by atoms with E-state index in [-0.39, 0.29) is 11.9 Å². The summed E-state index contributed by atoms with van der Waals surface area (Å²) in [6, 6.07) is 0.0825. The molecule has 0 aromatic rings. The van der Waals surface area contributed by atoms with Crippen molar-refractivity contribution in [3.05, 3.63) is 12.7 Å². The summed E-state index contributed by atoms with van der Waals surface area (Å²) in [6.07, 6.45) is 7.96. The molecule has 1 aliphatic heterocycles. The van der Waals surface area contributed by atoms with Crippen LogP contribution in [0.2, 0.25) is 0 Å². The van der Waals surface area contributed by atoms with Gasteiger partial charge >= 0.3 is 0 Å². The molecule has 4 nitrogen and oxygen atoms in total. The van der Waals surface area contributed by atoms with Crippen molar-refractivity contribution < 1.29 is 4.79 Å².